The van der Waals surface area contributed by atoms with E-state index in [4.69, 9.17) is 4.74 Å². The van der Waals surface area contributed by atoms with E-state index in [0.29, 0.717) is 13.2 Å². The summed E-state index contributed by atoms with van der Waals surface area (Å²) in [6.07, 6.45) is 2.68. The molecule has 0 amide bonds. The van der Waals surface area contributed by atoms with Crippen LogP contribution in [0.4, 0.5) is 0 Å². The van der Waals surface area contributed by atoms with E-state index in [2.05, 4.69) is 25.7 Å². The van der Waals surface area contributed by atoms with Gasteiger partial charge in [0.2, 0.25) is 0 Å². The lowest BCUT2D eigenvalue weighted by molar-refractivity contribution is 0.0778. The second kappa shape index (κ2) is 10.1. The van der Waals surface area contributed by atoms with E-state index in [1.165, 1.54) is 0 Å². The first kappa shape index (κ1) is 21.7. The SMILES string of the molecule is CCNC(=NCC1(O)CCSC1)NC1CCc2nc(COC)nn2C1.I. The number of aryl methyl sites for hydroxylation is 1. The van der Waals surface area contributed by atoms with Crippen molar-refractivity contribution in [2.24, 2.45) is 4.99 Å². The number of aliphatic hydroxyl groups is 1. The van der Waals surface area contributed by atoms with Crippen LogP contribution in [0, 0.1) is 0 Å². The monoisotopic (exact) mass is 496 g/mol. The van der Waals surface area contributed by atoms with Gasteiger partial charge in [-0.25, -0.2) is 9.67 Å². The standard InChI is InChI=1S/C16H28N6O2S.HI/c1-3-17-15(18-10-16(23)6-7-25-11-16)19-12-4-5-14-20-13(9-24-2)21-22(14)8-12;/h12,23H,3-11H2,1-2H3,(H2,17,18,19);1H. The van der Waals surface area contributed by atoms with Gasteiger partial charge in [0.1, 0.15) is 12.4 Å². The minimum Gasteiger partial charge on any atom is -0.387 e. The van der Waals surface area contributed by atoms with Crippen molar-refractivity contribution in [2.75, 3.05) is 31.7 Å². The lowest BCUT2D eigenvalue weighted by Gasteiger charge is -2.26. The molecule has 3 rings (SSSR count). The number of halogens is 1. The molecule has 10 heteroatoms. The highest BCUT2D eigenvalue weighted by Crippen LogP contribution is 2.27. The molecule has 2 atom stereocenters. The van der Waals surface area contributed by atoms with E-state index in [1.54, 1.807) is 18.9 Å². The summed E-state index contributed by atoms with van der Waals surface area (Å²) in [7, 11) is 1.65. The highest BCUT2D eigenvalue weighted by Gasteiger charge is 2.31. The maximum atomic E-state index is 10.5. The first-order chi connectivity index (χ1) is 12.1. The van der Waals surface area contributed by atoms with Crippen LogP contribution in [-0.4, -0.2) is 69.2 Å². The number of rotatable bonds is 6. The Morgan fingerprint density at radius 2 is 2.38 bits per heavy atom. The number of aromatic nitrogens is 3. The van der Waals surface area contributed by atoms with Gasteiger partial charge in [-0.1, -0.05) is 0 Å². The van der Waals surface area contributed by atoms with Crippen LogP contribution >= 0.6 is 35.7 Å². The van der Waals surface area contributed by atoms with Crippen molar-refractivity contribution in [1.29, 1.82) is 0 Å². The molecule has 0 saturated carbocycles. The number of hydrogen-bond donors (Lipinski definition) is 3. The van der Waals surface area contributed by atoms with Gasteiger partial charge in [0.25, 0.3) is 0 Å². The Labute approximate surface area is 176 Å². The molecule has 1 aromatic heterocycles. The smallest absolute Gasteiger partial charge is 0.191 e. The van der Waals surface area contributed by atoms with E-state index in [-0.39, 0.29) is 30.0 Å². The molecule has 3 N–H and O–H groups in total. The molecule has 8 nitrogen and oxygen atoms in total. The van der Waals surface area contributed by atoms with Gasteiger partial charge in [-0.2, -0.15) is 16.9 Å². The minimum absolute atomic E-state index is 0. The van der Waals surface area contributed by atoms with Crippen LogP contribution in [-0.2, 0) is 24.3 Å². The molecule has 0 spiro atoms. The summed E-state index contributed by atoms with van der Waals surface area (Å²) in [5.41, 5.74) is -0.659. The first-order valence-corrected chi connectivity index (χ1v) is 10.0. The number of hydrogen-bond acceptors (Lipinski definition) is 6. The highest BCUT2D eigenvalue weighted by molar-refractivity contribution is 14.0. The number of aliphatic imine (C=N–C) groups is 1. The van der Waals surface area contributed by atoms with E-state index < -0.39 is 5.60 Å². The Kier molecular flexibility index (Phi) is 8.42. The van der Waals surface area contributed by atoms with Gasteiger partial charge in [0.15, 0.2) is 11.8 Å². The van der Waals surface area contributed by atoms with Crippen LogP contribution in [0.5, 0.6) is 0 Å². The Morgan fingerprint density at radius 3 is 3.08 bits per heavy atom. The number of thioether (sulfide) groups is 1. The van der Waals surface area contributed by atoms with E-state index in [1.807, 2.05) is 11.6 Å². The molecule has 0 radical (unpaired) electrons. The molecule has 2 unspecified atom stereocenters. The van der Waals surface area contributed by atoms with Crippen LogP contribution in [0.25, 0.3) is 0 Å². The van der Waals surface area contributed by atoms with Gasteiger partial charge in [0.05, 0.1) is 18.7 Å². The van der Waals surface area contributed by atoms with Gasteiger partial charge in [-0.15, -0.1) is 24.0 Å². The largest absolute Gasteiger partial charge is 0.387 e. The van der Waals surface area contributed by atoms with Gasteiger partial charge in [0, 0.05) is 31.9 Å². The number of nitrogens with zero attached hydrogens (tertiary/aromatic N) is 4. The van der Waals surface area contributed by atoms with E-state index in [0.717, 1.165) is 61.5 Å². The third-order valence-electron chi connectivity index (χ3n) is 4.47. The predicted octanol–water partition coefficient (Wildman–Crippen LogP) is 0.780. The lowest BCUT2D eigenvalue weighted by Crippen LogP contribution is -2.48. The van der Waals surface area contributed by atoms with Gasteiger partial charge >= 0.3 is 0 Å². The quantitative estimate of drug-likeness (QED) is 0.304. The summed E-state index contributed by atoms with van der Waals surface area (Å²) < 4.78 is 7.07. The number of nitrogens with one attached hydrogen (secondary N) is 2. The minimum atomic E-state index is -0.659. The Morgan fingerprint density at radius 1 is 1.54 bits per heavy atom. The second-order valence-corrected chi connectivity index (χ2v) is 7.77. The molecular formula is C16H29IN6O2S. The summed E-state index contributed by atoms with van der Waals surface area (Å²) in [6.45, 7) is 4.48. The molecule has 2 aliphatic rings. The molecule has 1 saturated heterocycles. The zero-order valence-corrected chi connectivity index (χ0v) is 18.5. The number of guanidine groups is 1. The lowest BCUT2D eigenvalue weighted by atomic mass is 10.0. The average molecular weight is 496 g/mol. The van der Waals surface area contributed by atoms with E-state index in [9.17, 15) is 5.11 Å². The fraction of sp³-hybridized carbons (Fsp3) is 0.812. The number of ether oxygens (including phenoxy) is 1. The molecule has 148 valence electrons. The van der Waals surface area contributed by atoms with Crippen LogP contribution in [0.2, 0.25) is 0 Å². The van der Waals surface area contributed by atoms with Crippen molar-refractivity contribution < 1.29 is 9.84 Å². The normalized spacial score (nSPS) is 25.5. The van der Waals surface area contributed by atoms with E-state index >= 15 is 0 Å². The summed E-state index contributed by atoms with van der Waals surface area (Å²) in [5.74, 6) is 4.30. The number of fused-ring (bicyclic) bond motifs is 1. The summed E-state index contributed by atoms with van der Waals surface area (Å²) in [5, 5.41) is 21.7. The predicted molar refractivity (Wildman–Crippen MR) is 114 cm³/mol. The molecule has 2 aliphatic heterocycles. The van der Waals surface area contributed by atoms with Crippen molar-refractivity contribution in [3.8, 4) is 0 Å². The zero-order valence-electron chi connectivity index (χ0n) is 15.4. The third kappa shape index (κ3) is 5.70. The molecule has 0 bridgehead atoms. The fourth-order valence-corrected chi connectivity index (χ4v) is 4.41. The summed E-state index contributed by atoms with van der Waals surface area (Å²) in [6, 6.07) is 0.245. The van der Waals surface area contributed by atoms with Crippen LogP contribution < -0.4 is 10.6 Å². The van der Waals surface area contributed by atoms with Crippen molar-refractivity contribution in [1.82, 2.24) is 25.4 Å². The Hall–Kier alpha value is -0.590. The average Bonchev–Trinajstić information content (AvgIpc) is 3.19. The van der Waals surface area contributed by atoms with Crippen molar-refractivity contribution in [3.05, 3.63) is 11.6 Å². The summed E-state index contributed by atoms with van der Waals surface area (Å²) >= 11 is 1.79. The van der Waals surface area contributed by atoms with Crippen LogP contribution in [0.15, 0.2) is 4.99 Å². The molecule has 0 aliphatic carbocycles. The van der Waals surface area contributed by atoms with Gasteiger partial charge < -0.3 is 20.5 Å². The topological polar surface area (TPSA) is 96.6 Å². The maximum Gasteiger partial charge on any atom is 0.191 e. The highest BCUT2D eigenvalue weighted by atomic mass is 127. The summed E-state index contributed by atoms with van der Waals surface area (Å²) in [4.78, 5) is 9.12. The second-order valence-electron chi connectivity index (χ2n) is 6.66. The third-order valence-corrected chi connectivity index (χ3v) is 5.71. The fourth-order valence-electron chi connectivity index (χ4n) is 3.13. The van der Waals surface area contributed by atoms with Crippen LogP contribution in [0.3, 0.4) is 0 Å². The maximum absolute atomic E-state index is 10.5. The zero-order chi connectivity index (χ0) is 17.7. The Balaban J connectivity index is 0.00000243. The molecule has 3 heterocycles. The first-order valence-electron chi connectivity index (χ1n) is 8.88. The van der Waals surface area contributed by atoms with Gasteiger partial charge in [-0.05, 0) is 25.5 Å². The molecule has 1 aromatic rings. The van der Waals surface area contributed by atoms with Crippen LogP contribution in [0.1, 0.15) is 31.4 Å². The van der Waals surface area contributed by atoms with Crippen molar-refractivity contribution in [3.63, 3.8) is 0 Å². The molecule has 26 heavy (non-hydrogen) atoms. The van der Waals surface area contributed by atoms with Gasteiger partial charge in [-0.3, -0.25) is 4.99 Å². The molecule has 0 aromatic carbocycles. The van der Waals surface area contributed by atoms with Crippen molar-refractivity contribution in [2.45, 2.75) is 51.0 Å². The Bertz CT molecular complexity index is 606. The molecule has 1 fully saturated rings. The number of methoxy groups -OCH3 is 1. The molecular weight excluding hydrogens is 467 g/mol. The van der Waals surface area contributed by atoms with Crippen molar-refractivity contribution >= 4 is 41.7 Å².